The summed E-state index contributed by atoms with van der Waals surface area (Å²) in [4.78, 5) is 13.4. The third-order valence-corrected chi connectivity index (χ3v) is 6.81. The first kappa shape index (κ1) is 20.2. The summed E-state index contributed by atoms with van der Waals surface area (Å²) in [5.41, 5.74) is 7.40. The van der Waals surface area contributed by atoms with E-state index in [1.165, 1.54) is 44.3 Å². The number of thiophene rings is 1. The van der Waals surface area contributed by atoms with Crippen molar-refractivity contribution in [1.29, 1.82) is 0 Å². The highest BCUT2D eigenvalue weighted by atomic mass is 32.1. The molecule has 5 rings (SSSR count). The maximum atomic E-state index is 12.2. The Bertz CT molecular complexity index is 1440. The number of carbonyl (C=O) groups is 1. The quantitative estimate of drug-likeness (QED) is 0.268. The predicted octanol–water partition coefficient (Wildman–Crippen LogP) is 8.00. The topological polar surface area (TPSA) is 26.3 Å². The van der Waals surface area contributed by atoms with Crippen LogP contribution >= 0.6 is 11.3 Å². The van der Waals surface area contributed by atoms with Gasteiger partial charge >= 0.3 is 5.97 Å². The van der Waals surface area contributed by atoms with E-state index in [1.807, 2.05) is 24.3 Å². The molecular weight excluding hydrogens is 412 g/mol. The zero-order chi connectivity index (χ0) is 22.1. The number of esters is 1. The summed E-state index contributed by atoms with van der Waals surface area (Å²) in [6.07, 6.45) is 0. The predicted molar refractivity (Wildman–Crippen MR) is 134 cm³/mol. The van der Waals surface area contributed by atoms with Crippen LogP contribution < -0.4 is 0 Å². The van der Waals surface area contributed by atoms with Crippen LogP contribution in [0.25, 0.3) is 42.8 Å². The van der Waals surface area contributed by atoms with E-state index in [1.54, 1.807) is 11.3 Å². The van der Waals surface area contributed by atoms with Crippen molar-refractivity contribution >= 4 is 27.4 Å². The van der Waals surface area contributed by atoms with Crippen LogP contribution in [0.5, 0.6) is 0 Å². The molecule has 0 bridgehead atoms. The molecule has 4 aromatic carbocycles. The van der Waals surface area contributed by atoms with Gasteiger partial charge in [-0.1, -0.05) is 78.4 Å². The first-order valence-corrected chi connectivity index (χ1v) is 11.3. The Kier molecular flexibility index (Phi) is 5.34. The lowest BCUT2D eigenvalue weighted by Gasteiger charge is -2.08. The summed E-state index contributed by atoms with van der Waals surface area (Å²) in [5.74, 6) is -0.319. The van der Waals surface area contributed by atoms with Crippen molar-refractivity contribution in [2.45, 2.75) is 6.92 Å². The first-order valence-electron chi connectivity index (χ1n) is 10.5. The largest absolute Gasteiger partial charge is 0.465 e. The molecule has 0 amide bonds. The maximum absolute atomic E-state index is 12.2. The molecule has 5 aromatic rings. The number of ether oxygens (including phenoxy) is 1. The van der Waals surface area contributed by atoms with Gasteiger partial charge in [0, 0.05) is 9.58 Å². The monoisotopic (exact) mass is 434 g/mol. The minimum absolute atomic E-state index is 0.319. The van der Waals surface area contributed by atoms with Crippen LogP contribution in [-0.2, 0) is 4.74 Å². The smallest absolute Gasteiger partial charge is 0.338 e. The van der Waals surface area contributed by atoms with Crippen LogP contribution in [0.2, 0.25) is 0 Å². The highest BCUT2D eigenvalue weighted by Gasteiger charge is 2.14. The molecule has 32 heavy (non-hydrogen) atoms. The Labute approximate surface area is 191 Å². The van der Waals surface area contributed by atoms with Crippen LogP contribution in [0.1, 0.15) is 15.9 Å². The Balaban J connectivity index is 1.55. The lowest BCUT2D eigenvalue weighted by atomic mass is 9.99. The molecule has 3 heteroatoms. The summed E-state index contributed by atoms with van der Waals surface area (Å²) in [6.45, 7) is 2.12. The maximum Gasteiger partial charge on any atom is 0.338 e. The highest BCUT2D eigenvalue weighted by molar-refractivity contribution is 7.22. The number of rotatable bonds is 4. The molecule has 0 N–H and O–H groups in total. The fraction of sp³-hybridized carbons (Fsp3) is 0.0690. The van der Waals surface area contributed by atoms with Gasteiger partial charge in [-0.15, -0.1) is 11.3 Å². The van der Waals surface area contributed by atoms with Gasteiger partial charge in [-0.25, -0.2) is 4.79 Å². The third kappa shape index (κ3) is 3.83. The van der Waals surface area contributed by atoms with Gasteiger partial charge in [-0.2, -0.15) is 0 Å². The Hall–Kier alpha value is -3.69. The van der Waals surface area contributed by atoms with Gasteiger partial charge in [0.25, 0.3) is 0 Å². The van der Waals surface area contributed by atoms with Crippen LogP contribution in [0.4, 0.5) is 0 Å². The van der Waals surface area contributed by atoms with Gasteiger partial charge < -0.3 is 4.74 Å². The molecule has 0 radical (unpaired) electrons. The highest BCUT2D eigenvalue weighted by Crippen LogP contribution is 2.37. The molecule has 0 aliphatic carbocycles. The van der Waals surface area contributed by atoms with Crippen molar-refractivity contribution in [3.05, 3.63) is 108 Å². The van der Waals surface area contributed by atoms with Crippen molar-refractivity contribution in [1.82, 2.24) is 0 Å². The molecule has 0 spiro atoms. The molecule has 0 unspecified atom stereocenters. The summed E-state index contributed by atoms with van der Waals surface area (Å²) in [5, 5.41) is 1.20. The number of methoxy groups -OCH3 is 1. The fourth-order valence-corrected chi connectivity index (χ4v) is 5.14. The zero-order valence-electron chi connectivity index (χ0n) is 18.0. The number of hydrogen-bond acceptors (Lipinski definition) is 3. The number of fused-ring (bicyclic) bond motifs is 1. The molecular formula is C29H22O2S. The molecule has 0 aliphatic heterocycles. The molecule has 0 aliphatic rings. The number of hydrogen-bond donors (Lipinski definition) is 0. The molecule has 0 atom stereocenters. The van der Waals surface area contributed by atoms with Crippen molar-refractivity contribution in [2.75, 3.05) is 7.11 Å². The molecule has 2 nitrogen and oxygen atoms in total. The molecule has 0 saturated carbocycles. The van der Waals surface area contributed by atoms with E-state index in [4.69, 9.17) is 4.74 Å². The second kappa shape index (κ2) is 8.45. The van der Waals surface area contributed by atoms with Crippen molar-refractivity contribution in [3.8, 4) is 32.7 Å². The second-order valence-corrected chi connectivity index (χ2v) is 8.93. The third-order valence-electron chi connectivity index (χ3n) is 5.66. The first-order chi connectivity index (χ1) is 15.6. The van der Waals surface area contributed by atoms with Crippen molar-refractivity contribution in [3.63, 3.8) is 0 Å². The minimum atomic E-state index is -0.319. The standard InChI is InChI=1S/C29H22O2S/c1-19-7-5-8-20(15-19)21-9-6-10-23(16-21)28-18-24-14-13-22(17-27(24)32-28)25-11-3-4-12-26(25)29(30)31-2/h3-18H,1-2H3. The summed E-state index contributed by atoms with van der Waals surface area (Å²) in [6, 6.07) is 33.5. The van der Waals surface area contributed by atoms with Crippen molar-refractivity contribution < 1.29 is 9.53 Å². The van der Waals surface area contributed by atoms with Crippen LogP contribution in [-0.4, -0.2) is 13.1 Å². The van der Waals surface area contributed by atoms with E-state index >= 15 is 0 Å². The van der Waals surface area contributed by atoms with Crippen LogP contribution in [0, 0.1) is 6.92 Å². The van der Waals surface area contributed by atoms with Gasteiger partial charge in [0.1, 0.15) is 0 Å². The summed E-state index contributed by atoms with van der Waals surface area (Å²) in [7, 11) is 1.42. The number of benzene rings is 4. The fourth-order valence-electron chi connectivity index (χ4n) is 4.04. The van der Waals surface area contributed by atoms with E-state index in [2.05, 4.69) is 79.7 Å². The van der Waals surface area contributed by atoms with Gasteiger partial charge in [0.2, 0.25) is 0 Å². The van der Waals surface area contributed by atoms with Gasteiger partial charge in [0.15, 0.2) is 0 Å². The second-order valence-electron chi connectivity index (χ2n) is 7.85. The Morgan fingerprint density at radius 1 is 0.719 bits per heavy atom. The molecule has 0 fully saturated rings. The van der Waals surface area contributed by atoms with E-state index < -0.39 is 0 Å². The molecule has 0 saturated heterocycles. The molecule has 156 valence electrons. The van der Waals surface area contributed by atoms with E-state index in [0.29, 0.717) is 5.56 Å². The molecule has 1 aromatic heterocycles. The Morgan fingerprint density at radius 2 is 1.47 bits per heavy atom. The number of aryl methyl sites for hydroxylation is 1. The van der Waals surface area contributed by atoms with Gasteiger partial charge in [-0.3, -0.25) is 0 Å². The molecule has 1 heterocycles. The van der Waals surface area contributed by atoms with E-state index in [9.17, 15) is 4.79 Å². The van der Waals surface area contributed by atoms with Gasteiger partial charge in [0.05, 0.1) is 12.7 Å². The van der Waals surface area contributed by atoms with Crippen LogP contribution in [0.15, 0.2) is 97.1 Å². The normalized spacial score (nSPS) is 10.9. The average Bonchev–Trinajstić information content (AvgIpc) is 3.27. The Morgan fingerprint density at radius 3 is 2.28 bits per heavy atom. The number of carbonyl (C=O) groups excluding carboxylic acids is 1. The van der Waals surface area contributed by atoms with E-state index in [0.717, 1.165) is 11.1 Å². The summed E-state index contributed by atoms with van der Waals surface area (Å²) >= 11 is 1.77. The lowest BCUT2D eigenvalue weighted by Crippen LogP contribution is -2.03. The lowest BCUT2D eigenvalue weighted by molar-refractivity contribution is 0.0601. The SMILES string of the molecule is COC(=O)c1ccccc1-c1ccc2cc(-c3cccc(-c4cccc(C)c4)c3)sc2c1. The van der Waals surface area contributed by atoms with Crippen molar-refractivity contribution in [2.24, 2.45) is 0 Å². The summed E-state index contributed by atoms with van der Waals surface area (Å²) < 4.78 is 6.16. The zero-order valence-corrected chi connectivity index (χ0v) is 18.8. The van der Waals surface area contributed by atoms with Crippen LogP contribution in [0.3, 0.4) is 0 Å². The average molecular weight is 435 g/mol. The van der Waals surface area contributed by atoms with E-state index in [-0.39, 0.29) is 5.97 Å². The van der Waals surface area contributed by atoms with Gasteiger partial charge in [-0.05, 0) is 64.4 Å². The minimum Gasteiger partial charge on any atom is -0.465 e.